The van der Waals surface area contributed by atoms with E-state index in [0.717, 1.165) is 11.3 Å². The number of nitrogens with one attached hydrogen (secondary N) is 1. The van der Waals surface area contributed by atoms with Gasteiger partial charge in [-0.15, -0.1) is 0 Å². The van der Waals surface area contributed by atoms with Crippen LogP contribution in [0.2, 0.25) is 0 Å². The first kappa shape index (κ1) is 18.0. The number of aromatic nitrogens is 2. The maximum absolute atomic E-state index is 12.5. The van der Waals surface area contributed by atoms with Crippen molar-refractivity contribution in [2.75, 3.05) is 0 Å². The Bertz CT molecular complexity index is 993. The minimum absolute atomic E-state index is 0.103. The van der Waals surface area contributed by atoms with E-state index in [-0.39, 0.29) is 10.7 Å². The van der Waals surface area contributed by atoms with Crippen LogP contribution in [0, 0.1) is 0 Å². The second-order valence-electron chi connectivity index (χ2n) is 5.99. The van der Waals surface area contributed by atoms with Crippen LogP contribution in [0.4, 0.5) is 0 Å². The summed E-state index contributed by atoms with van der Waals surface area (Å²) in [6, 6.07) is 13.1. The Kier molecular flexibility index (Phi) is 5.01. The molecular weight excluding hydrogens is 350 g/mol. The van der Waals surface area contributed by atoms with Gasteiger partial charge >= 0.3 is 0 Å². The Morgan fingerprint density at radius 2 is 1.73 bits per heavy atom. The van der Waals surface area contributed by atoms with Gasteiger partial charge in [-0.3, -0.25) is 4.79 Å². The van der Waals surface area contributed by atoms with Crippen molar-refractivity contribution in [3.63, 3.8) is 0 Å². The molecule has 1 aromatic heterocycles. The summed E-state index contributed by atoms with van der Waals surface area (Å²) in [5.41, 5.74) is 2.27. The molecule has 0 unspecified atom stereocenters. The number of Topliss-reactive ketones (excluding diaryl/α,β-unsaturated/α-hetero) is 1. The molecule has 0 saturated heterocycles. The quantitative estimate of drug-likeness (QED) is 0.677. The normalized spacial score (nSPS) is 12.7. The maximum Gasteiger partial charge on any atom is 0.241 e. The molecule has 0 aliphatic heterocycles. The van der Waals surface area contributed by atoms with Gasteiger partial charge < -0.3 is 4.57 Å². The maximum atomic E-state index is 12.5. The number of sulfonamides is 1. The molecule has 0 amide bonds. The molecule has 0 radical (unpaired) electrons. The standard InChI is InChI=1S/C19H19N3O3S/c1-14(16-3-7-18(8-4-16)22-12-11-20-13-22)21-26(24,25)19-9-5-17(6-10-19)15(2)23/h3-14,21H,1-2H3/t14-/m1/s1. The predicted octanol–water partition coefficient (Wildman–Crippen LogP) is 3.11. The third kappa shape index (κ3) is 3.89. The number of hydrogen-bond acceptors (Lipinski definition) is 4. The van der Waals surface area contributed by atoms with Crippen LogP contribution in [0.5, 0.6) is 0 Å². The average molecular weight is 369 g/mol. The van der Waals surface area contributed by atoms with Crippen molar-refractivity contribution in [3.05, 3.63) is 78.4 Å². The van der Waals surface area contributed by atoms with Crippen molar-refractivity contribution in [1.82, 2.24) is 14.3 Å². The fourth-order valence-corrected chi connectivity index (χ4v) is 3.82. The molecule has 3 rings (SSSR count). The molecule has 26 heavy (non-hydrogen) atoms. The lowest BCUT2D eigenvalue weighted by molar-refractivity contribution is 0.101. The smallest absolute Gasteiger partial charge is 0.241 e. The highest BCUT2D eigenvalue weighted by Crippen LogP contribution is 2.19. The first-order valence-electron chi connectivity index (χ1n) is 8.08. The topological polar surface area (TPSA) is 81.1 Å². The summed E-state index contributed by atoms with van der Waals surface area (Å²) in [6.07, 6.45) is 5.24. The molecule has 0 fully saturated rings. The zero-order chi connectivity index (χ0) is 18.7. The van der Waals surface area contributed by atoms with E-state index < -0.39 is 16.1 Å². The van der Waals surface area contributed by atoms with E-state index in [1.165, 1.54) is 31.2 Å². The lowest BCUT2D eigenvalue weighted by Gasteiger charge is -2.15. The van der Waals surface area contributed by atoms with E-state index in [2.05, 4.69) is 9.71 Å². The van der Waals surface area contributed by atoms with Gasteiger partial charge in [0.25, 0.3) is 0 Å². The van der Waals surface area contributed by atoms with Gasteiger partial charge in [-0.1, -0.05) is 24.3 Å². The molecule has 0 aliphatic rings. The first-order valence-corrected chi connectivity index (χ1v) is 9.57. The predicted molar refractivity (Wildman–Crippen MR) is 98.7 cm³/mol. The summed E-state index contributed by atoms with van der Waals surface area (Å²) >= 11 is 0. The number of rotatable bonds is 6. The summed E-state index contributed by atoms with van der Waals surface area (Å²) in [5, 5.41) is 0. The molecule has 2 aromatic carbocycles. The van der Waals surface area contributed by atoms with Crippen LogP contribution < -0.4 is 4.72 Å². The largest absolute Gasteiger partial charge is 0.306 e. The number of nitrogens with zero attached hydrogens (tertiary/aromatic N) is 2. The molecule has 134 valence electrons. The number of benzene rings is 2. The summed E-state index contributed by atoms with van der Waals surface area (Å²) < 4.78 is 29.6. The van der Waals surface area contributed by atoms with Crippen LogP contribution in [0.1, 0.15) is 35.8 Å². The summed E-state index contributed by atoms with van der Waals surface area (Å²) in [7, 11) is -3.68. The van der Waals surface area contributed by atoms with Crippen LogP contribution >= 0.6 is 0 Å². The molecule has 3 aromatic rings. The number of imidazole rings is 1. The molecule has 0 aliphatic carbocycles. The molecule has 1 heterocycles. The second-order valence-corrected chi connectivity index (χ2v) is 7.70. The molecular formula is C19H19N3O3S. The summed E-state index contributed by atoms with van der Waals surface area (Å²) in [4.78, 5) is 15.4. The lowest BCUT2D eigenvalue weighted by atomic mass is 10.1. The van der Waals surface area contributed by atoms with Gasteiger partial charge in [0.15, 0.2) is 5.78 Å². The molecule has 1 N–H and O–H groups in total. The van der Waals surface area contributed by atoms with Crippen molar-refractivity contribution < 1.29 is 13.2 Å². The van der Waals surface area contributed by atoms with E-state index >= 15 is 0 Å². The van der Waals surface area contributed by atoms with Crippen molar-refractivity contribution in [2.24, 2.45) is 0 Å². The zero-order valence-electron chi connectivity index (χ0n) is 14.5. The van der Waals surface area contributed by atoms with E-state index in [1.807, 2.05) is 35.0 Å². The zero-order valence-corrected chi connectivity index (χ0v) is 15.3. The van der Waals surface area contributed by atoms with Crippen molar-refractivity contribution in [2.45, 2.75) is 24.8 Å². The lowest BCUT2D eigenvalue weighted by Crippen LogP contribution is -2.26. The SMILES string of the molecule is CC(=O)c1ccc(S(=O)(=O)N[C@H](C)c2ccc(-n3ccnc3)cc2)cc1. The number of carbonyl (C=O) groups excluding carboxylic acids is 1. The highest BCUT2D eigenvalue weighted by Gasteiger charge is 2.18. The molecule has 0 spiro atoms. The number of carbonyl (C=O) groups is 1. The third-order valence-corrected chi connectivity index (χ3v) is 5.66. The van der Waals surface area contributed by atoms with Gasteiger partial charge in [0.2, 0.25) is 10.0 Å². The Balaban J connectivity index is 1.75. The number of hydrogen-bond donors (Lipinski definition) is 1. The van der Waals surface area contributed by atoms with Crippen LogP contribution in [0.15, 0.2) is 72.1 Å². The van der Waals surface area contributed by atoms with Crippen LogP contribution in [-0.4, -0.2) is 23.8 Å². The third-order valence-electron chi connectivity index (χ3n) is 4.10. The second kappa shape index (κ2) is 7.23. The van der Waals surface area contributed by atoms with E-state index in [1.54, 1.807) is 19.4 Å². The minimum Gasteiger partial charge on any atom is -0.306 e. The van der Waals surface area contributed by atoms with Crippen molar-refractivity contribution >= 4 is 15.8 Å². The monoisotopic (exact) mass is 369 g/mol. The van der Waals surface area contributed by atoms with Gasteiger partial charge in [-0.25, -0.2) is 18.1 Å². The van der Waals surface area contributed by atoms with Crippen LogP contribution in [0.25, 0.3) is 5.69 Å². The molecule has 7 heteroatoms. The van der Waals surface area contributed by atoms with Gasteiger partial charge in [-0.05, 0) is 43.7 Å². The van der Waals surface area contributed by atoms with Crippen LogP contribution in [0.3, 0.4) is 0 Å². The van der Waals surface area contributed by atoms with E-state index in [9.17, 15) is 13.2 Å². The van der Waals surface area contributed by atoms with Gasteiger partial charge in [0.05, 0.1) is 11.2 Å². The van der Waals surface area contributed by atoms with Gasteiger partial charge in [0.1, 0.15) is 0 Å². The van der Waals surface area contributed by atoms with E-state index in [0.29, 0.717) is 5.56 Å². The summed E-state index contributed by atoms with van der Waals surface area (Å²) in [5.74, 6) is -0.103. The Hall–Kier alpha value is -2.77. The highest BCUT2D eigenvalue weighted by atomic mass is 32.2. The number of ketones is 1. The summed E-state index contributed by atoms with van der Waals surface area (Å²) in [6.45, 7) is 3.23. The van der Waals surface area contributed by atoms with Gasteiger partial charge in [0, 0.05) is 29.7 Å². The fourth-order valence-electron chi connectivity index (χ4n) is 2.58. The molecule has 0 saturated carbocycles. The van der Waals surface area contributed by atoms with E-state index in [4.69, 9.17) is 0 Å². The van der Waals surface area contributed by atoms with Gasteiger partial charge in [-0.2, -0.15) is 0 Å². The Morgan fingerprint density at radius 1 is 1.08 bits per heavy atom. The fraction of sp³-hybridized carbons (Fsp3) is 0.158. The van der Waals surface area contributed by atoms with Crippen molar-refractivity contribution in [3.8, 4) is 5.69 Å². The molecule has 1 atom stereocenters. The average Bonchev–Trinajstić information content (AvgIpc) is 3.16. The minimum atomic E-state index is -3.68. The Labute approximate surface area is 152 Å². The first-order chi connectivity index (χ1) is 12.4. The Morgan fingerprint density at radius 3 is 2.27 bits per heavy atom. The molecule has 6 nitrogen and oxygen atoms in total. The highest BCUT2D eigenvalue weighted by molar-refractivity contribution is 7.89. The molecule has 0 bridgehead atoms. The van der Waals surface area contributed by atoms with Crippen molar-refractivity contribution in [1.29, 1.82) is 0 Å². The van der Waals surface area contributed by atoms with Crippen LogP contribution in [-0.2, 0) is 10.0 Å².